The number of amides is 3. The number of urea groups is 1. The molecular formula is C23H22F3N5O2. The van der Waals surface area contributed by atoms with Gasteiger partial charge in [-0.25, -0.2) is 22.6 Å². The number of carbonyl (C=O) groups excluding carboxylic acids is 2. The van der Waals surface area contributed by atoms with Gasteiger partial charge in [0.25, 0.3) is 0 Å². The molecule has 0 atom stereocenters. The quantitative estimate of drug-likeness (QED) is 0.477. The molecule has 172 valence electrons. The molecule has 0 spiro atoms. The molecule has 3 N–H and O–H groups in total. The van der Waals surface area contributed by atoms with Crippen LogP contribution in [-0.2, 0) is 16.6 Å². The minimum atomic E-state index is -1.67. The number of hydrogen-bond acceptors (Lipinski definition) is 3. The van der Waals surface area contributed by atoms with Crippen LogP contribution in [0.2, 0.25) is 0 Å². The van der Waals surface area contributed by atoms with E-state index in [2.05, 4.69) is 21.0 Å². The second kappa shape index (κ2) is 8.27. The zero-order valence-corrected chi connectivity index (χ0v) is 18.2. The van der Waals surface area contributed by atoms with Crippen LogP contribution in [-0.4, -0.2) is 21.7 Å². The van der Waals surface area contributed by atoms with Crippen molar-refractivity contribution in [3.05, 3.63) is 65.1 Å². The van der Waals surface area contributed by atoms with E-state index in [0.29, 0.717) is 30.0 Å². The summed E-state index contributed by atoms with van der Waals surface area (Å²) in [6.07, 6.45) is 0.942. The molecule has 0 saturated carbocycles. The van der Waals surface area contributed by atoms with Gasteiger partial charge in [0.15, 0.2) is 17.5 Å². The number of hydrogen-bond donors (Lipinski definition) is 3. The van der Waals surface area contributed by atoms with E-state index < -0.39 is 29.2 Å². The van der Waals surface area contributed by atoms with Crippen LogP contribution in [0.15, 0.2) is 36.4 Å². The predicted octanol–water partition coefficient (Wildman–Crippen LogP) is 5.12. The summed E-state index contributed by atoms with van der Waals surface area (Å²) in [5.74, 6) is -4.28. The number of nitrogens with zero attached hydrogens (tertiary/aromatic N) is 2. The summed E-state index contributed by atoms with van der Waals surface area (Å²) in [7, 11) is 0. The second-order valence-electron chi connectivity index (χ2n) is 8.77. The van der Waals surface area contributed by atoms with E-state index in [9.17, 15) is 22.8 Å². The lowest BCUT2D eigenvalue weighted by molar-refractivity contribution is -0.116. The normalized spacial score (nSPS) is 13.3. The van der Waals surface area contributed by atoms with Crippen molar-refractivity contribution >= 4 is 29.1 Å². The van der Waals surface area contributed by atoms with Crippen LogP contribution in [0.25, 0.3) is 5.69 Å². The van der Waals surface area contributed by atoms with E-state index >= 15 is 0 Å². The monoisotopic (exact) mass is 457 g/mol. The van der Waals surface area contributed by atoms with Gasteiger partial charge in [0.2, 0.25) is 5.91 Å². The summed E-state index contributed by atoms with van der Waals surface area (Å²) < 4.78 is 42.1. The zero-order valence-electron chi connectivity index (χ0n) is 18.2. The molecule has 3 amide bonds. The Morgan fingerprint density at radius 3 is 2.52 bits per heavy atom. The van der Waals surface area contributed by atoms with Crippen molar-refractivity contribution in [2.75, 3.05) is 16.0 Å². The first-order chi connectivity index (χ1) is 15.5. The Bertz CT molecular complexity index is 1260. The minimum absolute atomic E-state index is 0.0483. The lowest BCUT2D eigenvalue weighted by Gasteiger charge is -2.18. The molecule has 0 aliphatic carbocycles. The number of aryl methyl sites for hydroxylation is 1. The summed E-state index contributed by atoms with van der Waals surface area (Å²) in [6, 6.07) is 7.87. The molecule has 1 aliphatic rings. The Morgan fingerprint density at radius 1 is 1.03 bits per heavy atom. The van der Waals surface area contributed by atoms with Crippen LogP contribution in [0.5, 0.6) is 0 Å². The van der Waals surface area contributed by atoms with E-state index in [0.717, 1.165) is 23.4 Å². The van der Waals surface area contributed by atoms with Crippen LogP contribution < -0.4 is 16.0 Å². The Balaban J connectivity index is 1.66. The van der Waals surface area contributed by atoms with Gasteiger partial charge in [-0.05, 0) is 42.3 Å². The lowest BCUT2D eigenvalue weighted by atomic mass is 9.92. The maximum Gasteiger partial charge on any atom is 0.324 e. The van der Waals surface area contributed by atoms with Crippen LogP contribution in [0.3, 0.4) is 0 Å². The SMILES string of the molecule is CC(C)(C)c1cc(NC(=O)Nc2ccc(F)c(F)c2F)n(-c2ccc3c(c2)CCC(=O)N3)n1. The van der Waals surface area contributed by atoms with Crippen molar-refractivity contribution in [2.45, 2.75) is 39.0 Å². The molecule has 2 aromatic carbocycles. The Kier molecular flexibility index (Phi) is 5.61. The summed E-state index contributed by atoms with van der Waals surface area (Å²) in [5.41, 5.74) is 2.14. The number of halogens is 3. The van der Waals surface area contributed by atoms with Crippen LogP contribution in [0.4, 0.5) is 35.2 Å². The summed E-state index contributed by atoms with van der Waals surface area (Å²) in [5, 5.41) is 12.2. The maximum absolute atomic E-state index is 13.9. The van der Waals surface area contributed by atoms with Gasteiger partial charge < -0.3 is 10.6 Å². The largest absolute Gasteiger partial charge is 0.326 e. The summed E-state index contributed by atoms with van der Waals surface area (Å²) in [6.45, 7) is 5.88. The van der Waals surface area contributed by atoms with E-state index in [4.69, 9.17) is 0 Å². The Labute approximate surface area is 188 Å². The molecule has 10 heteroatoms. The van der Waals surface area contributed by atoms with Crippen molar-refractivity contribution in [1.29, 1.82) is 0 Å². The third kappa shape index (κ3) is 4.55. The molecule has 1 aromatic heterocycles. The van der Waals surface area contributed by atoms with Crippen LogP contribution >= 0.6 is 0 Å². The molecule has 33 heavy (non-hydrogen) atoms. The molecule has 4 rings (SSSR count). The van der Waals surface area contributed by atoms with Crippen LogP contribution in [0.1, 0.15) is 38.4 Å². The molecule has 3 aromatic rings. The van der Waals surface area contributed by atoms with Crippen molar-refractivity contribution in [3.8, 4) is 5.69 Å². The molecule has 0 radical (unpaired) electrons. The first-order valence-corrected chi connectivity index (χ1v) is 10.3. The number of benzene rings is 2. The van der Waals surface area contributed by atoms with E-state index in [1.807, 2.05) is 26.8 Å². The van der Waals surface area contributed by atoms with Gasteiger partial charge in [0, 0.05) is 23.6 Å². The molecule has 0 fully saturated rings. The predicted molar refractivity (Wildman–Crippen MR) is 118 cm³/mol. The van der Waals surface area contributed by atoms with Gasteiger partial charge in [-0.3, -0.25) is 10.1 Å². The van der Waals surface area contributed by atoms with Gasteiger partial charge in [0.05, 0.1) is 17.1 Å². The number of aromatic nitrogens is 2. The fourth-order valence-corrected chi connectivity index (χ4v) is 3.43. The highest BCUT2D eigenvalue weighted by atomic mass is 19.2. The van der Waals surface area contributed by atoms with Crippen LogP contribution in [0, 0.1) is 17.5 Å². The van der Waals surface area contributed by atoms with Gasteiger partial charge in [0.1, 0.15) is 5.82 Å². The summed E-state index contributed by atoms with van der Waals surface area (Å²) >= 11 is 0. The fourth-order valence-electron chi connectivity index (χ4n) is 3.43. The third-order valence-corrected chi connectivity index (χ3v) is 5.23. The maximum atomic E-state index is 13.9. The molecule has 2 heterocycles. The number of anilines is 3. The van der Waals surface area contributed by atoms with Crippen molar-refractivity contribution in [1.82, 2.24) is 9.78 Å². The number of rotatable bonds is 3. The van der Waals surface area contributed by atoms with Crippen molar-refractivity contribution in [3.63, 3.8) is 0 Å². The Hall–Kier alpha value is -3.82. The van der Waals surface area contributed by atoms with E-state index in [1.54, 1.807) is 18.2 Å². The molecular weight excluding hydrogens is 435 g/mol. The molecule has 0 saturated heterocycles. The summed E-state index contributed by atoms with van der Waals surface area (Å²) in [4.78, 5) is 24.2. The van der Waals surface area contributed by atoms with Gasteiger partial charge in [-0.1, -0.05) is 20.8 Å². The molecule has 1 aliphatic heterocycles. The zero-order chi connectivity index (χ0) is 23.9. The highest BCUT2D eigenvalue weighted by Gasteiger charge is 2.23. The molecule has 7 nitrogen and oxygen atoms in total. The fraction of sp³-hybridized carbons (Fsp3) is 0.261. The number of fused-ring (bicyclic) bond motifs is 1. The van der Waals surface area contributed by atoms with E-state index in [1.165, 1.54) is 4.68 Å². The highest BCUT2D eigenvalue weighted by Crippen LogP contribution is 2.30. The average Bonchev–Trinajstić information content (AvgIpc) is 3.18. The molecule has 0 bridgehead atoms. The topological polar surface area (TPSA) is 88.0 Å². The van der Waals surface area contributed by atoms with Crippen molar-refractivity contribution < 1.29 is 22.8 Å². The number of nitrogens with one attached hydrogen (secondary N) is 3. The first kappa shape index (κ1) is 22.4. The first-order valence-electron chi connectivity index (χ1n) is 10.3. The van der Waals surface area contributed by atoms with Gasteiger partial charge >= 0.3 is 6.03 Å². The van der Waals surface area contributed by atoms with Crippen molar-refractivity contribution in [2.24, 2.45) is 0 Å². The average molecular weight is 457 g/mol. The van der Waals surface area contributed by atoms with E-state index in [-0.39, 0.29) is 11.3 Å². The minimum Gasteiger partial charge on any atom is -0.326 e. The molecule has 0 unspecified atom stereocenters. The highest BCUT2D eigenvalue weighted by molar-refractivity contribution is 5.99. The standard InChI is InChI=1S/C23H22F3N5O2/c1-23(2,3)17-11-18(29-22(33)28-16-8-6-14(24)20(25)21(16)26)31(30-17)13-5-7-15-12(10-13)4-9-19(32)27-15/h5-8,10-11H,4,9H2,1-3H3,(H,27,32)(H2,28,29,33). The lowest BCUT2D eigenvalue weighted by Crippen LogP contribution is -2.22. The van der Waals surface area contributed by atoms with Gasteiger partial charge in [-0.15, -0.1) is 0 Å². The second-order valence-corrected chi connectivity index (χ2v) is 8.77. The van der Waals surface area contributed by atoms with Gasteiger partial charge in [-0.2, -0.15) is 5.10 Å². The number of carbonyl (C=O) groups is 2. The third-order valence-electron chi connectivity index (χ3n) is 5.23. The smallest absolute Gasteiger partial charge is 0.324 e. The Morgan fingerprint density at radius 2 is 1.79 bits per heavy atom.